The van der Waals surface area contributed by atoms with Crippen molar-refractivity contribution in [3.63, 3.8) is 0 Å². The third-order valence-electron chi connectivity index (χ3n) is 4.79. The molecule has 1 N–H and O–H groups in total. The maximum Gasteiger partial charge on any atom is 0.416 e. The molecule has 1 saturated carbocycles. The number of carbonyl (C=O) groups excluding carboxylic acids is 1. The second kappa shape index (κ2) is 8.04. The first kappa shape index (κ1) is 19.9. The van der Waals surface area contributed by atoms with Crippen molar-refractivity contribution < 1.29 is 27.9 Å². The summed E-state index contributed by atoms with van der Waals surface area (Å²) in [4.78, 5) is 25.0. The average molecular weight is 395 g/mol. The Bertz CT molecular complexity index is 840. The number of hydrogen-bond acceptors (Lipinski definition) is 3. The zero-order chi connectivity index (χ0) is 20.3. The predicted octanol–water partition coefficient (Wildman–Crippen LogP) is 3.74. The summed E-state index contributed by atoms with van der Waals surface area (Å²) in [6.45, 7) is -0.699. The summed E-state index contributed by atoms with van der Waals surface area (Å²) in [6, 6.07) is 6.08. The fourth-order valence-electron chi connectivity index (χ4n) is 3.37. The van der Waals surface area contributed by atoms with Gasteiger partial charge < -0.3 is 10.0 Å². The lowest BCUT2D eigenvalue weighted by atomic mass is 10.1. The Hall–Kier alpha value is -2.84. The number of carboxylic acids is 1. The van der Waals surface area contributed by atoms with Crippen LogP contribution in [0, 0.1) is 0 Å². The molecule has 150 valence electrons. The second-order valence-electron chi connectivity index (χ2n) is 6.87. The number of amides is 1. The number of nitrogens with zero attached hydrogens (tertiary/aromatic N) is 3. The Kier molecular flexibility index (Phi) is 5.71. The predicted molar refractivity (Wildman–Crippen MR) is 93.6 cm³/mol. The summed E-state index contributed by atoms with van der Waals surface area (Å²) < 4.78 is 39.8. The highest BCUT2D eigenvalue weighted by atomic mass is 19.4. The number of carbonyl (C=O) groups is 2. The van der Waals surface area contributed by atoms with Gasteiger partial charge in [0.15, 0.2) is 0 Å². The largest absolute Gasteiger partial charge is 0.480 e. The van der Waals surface area contributed by atoms with E-state index >= 15 is 0 Å². The zero-order valence-electron chi connectivity index (χ0n) is 15.0. The smallest absolute Gasteiger partial charge is 0.416 e. The van der Waals surface area contributed by atoms with Crippen LogP contribution in [0.1, 0.15) is 53.3 Å². The molecule has 9 heteroatoms. The van der Waals surface area contributed by atoms with Gasteiger partial charge in [-0.25, -0.2) is 0 Å². The van der Waals surface area contributed by atoms with Crippen molar-refractivity contribution in [3.8, 4) is 0 Å². The molecular weight excluding hydrogens is 375 g/mol. The van der Waals surface area contributed by atoms with Gasteiger partial charge in [0.1, 0.15) is 12.2 Å². The van der Waals surface area contributed by atoms with E-state index in [2.05, 4.69) is 5.10 Å². The average Bonchev–Trinajstić information content (AvgIpc) is 3.31. The molecule has 0 radical (unpaired) electrons. The Morgan fingerprint density at radius 3 is 2.36 bits per heavy atom. The van der Waals surface area contributed by atoms with Crippen LogP contribution in [0.5, 0.6) is 0 Å². The Balaban J connectivity index is 1.76. The summed E-state index contributed by atoms with van der Waals surface area (Å²) in [6.07, 6.45) is 1.43. The second-order valence-corrected chi connectivity index (χ2v) is 6.87. The minimum Gasteiger partial charge on any atom is -0.480 e. The van der Waals surface area contributed by atoms with Crippen LogP contribution in [0.25, 0.3) is 0 Å². The van der Waals surface area contributed by atoms with Gasteiger partial charge in [0.2, 0.25) is 0 Å². The molecule has 1 fully saturated rings. The molecule has 1 amide bonds. The van der Waals surface area contributed by atoms with Crippen LogP contribution in [-0.2, 0) is 17.5 Å². The van der Waals surface area contributed by atoms with Crippen LogP contribution in [0.3, 0.4) is 0 Å². The zero-order valence-corrected chi connectivity index (χ0v) is 15.0. The highest BCUT2D eigenvalue weighted by molar-refractivity contribution is 5.94. The van der Waals surface area contributed by atoms with Crippen molar-refractivity contribution in [2.45, 2.75) is 44.4 Å². The van der Waals surface area contributed by atoms with Crippen molar-refractivity contribution in [1.82, 2.24) is 14.7 Å². The van der Waals surface area contributed by atoms with E-state index in [0.29, 0.717) is 5.56 Å². The van der Waals surface area contributed by atoms with Gasteiger partial charge in [0, 0.05) is 12.7 Å². The van der Waals surface area contributed by atoms with Crippen LogP contribution in [0.15, 0.2) is 36.5 Å². The lowest BCUT2D eigenvalue weighted by Gasteiger charge is -2.20. The number of halogens is 3. The van der Waals surface area contributed by atoms with Crippen molar-refractivity contribution in [3.05, 3.63) is 53.3 Å². The quantitative estimate of drug-likeness (QED) is 0.809. The molecule has 1 aliphatic rings. The van der Waals surface area contributed by atoms with E-state index < -0.39 is 30.2 Å². The molecule has 0 saturated heterocycles. The van der Waals surface area contributed by atoms with Gasteiger partial charge in [-0.2, -0.15) is 18.3 Å². The van der Waals surface area contributed by atoms with Crippen molar-refractivity contribution in [1.29, 1.82) is 0 Å². The molecule has 1 aromatic heterocycles. The van der Waals surface area contributed by atoms with Crippen LogP contribution < -0.4 is 0 Å². The summed E-state index contributed by atoms with van der Waals surface area (Å²) in [5, 5.41) is 13.4. The molecule has 1 aliphatic carbocycles. The number of carboxylic acid groups (broad SMARTS) is 1. The maximum absolute atomic E-state index is 12.7. The highest BCUT2D eigenvalue weighted by Gasteiger charge is 2.30. The Morgan fingerprint density at radius 2 is 1.79 bits per heavy atom. The van der Waals surface area contributed by atoms with E-state index in [1.54, 1.807) is 16.9 Å². The third kappa shape index (κ3) is 4.71. The monoisotopic (exact) mass is 395 g/mol. The molecular formula is C19H20F3N3O3. The first-order valence-corrected chi connectivity index (χ1v) is 8.96. The van der Waals surface area contributed by atoms with Crippen LogP contribution in [0.4, 0.5) is 13.2 Å². The molecule has 2 aromatic rings. The summed E-state index contributed by atoms with van der Waals surface area (Å²) in [7, 11) is 0. The SMILES string of the molecule is O=C(O)CN(Cc1ccc(C(F)(F)F)cc1)C(=O)c1ccn(C2CCCC2)n1. The molecule has 0 spiro atoms. The topological polar surface area (TPSA) is 75.4 Å². The lowest BCUT2D eigenvalue weighted by molar-refractivity contribution is -0.138. The van der Waals surface area contributed by atoms with Crippen LogP contribution in [-0.4, -0.2) is 38.2 Å². The van der Waals surface area contributed by atoms with E-state index in [0.717, 1.165) is 42.7 Å². The third-order valence-corrected chi connectivity index (χ3v) is 4.79. The molecule has 6 nitrogen and oxygen atoms in total. The first-order chi connectivity index (χ1) is 13.2. The molecule has 0 bridgehead atoms. The fraction of sp³-hybridized carbons (Fsp3) is 0.421. The highest BCUT2D eigenvalue weighted by Crippen LogP contribution is 2.30. The number of hydrogen-bond donors (Lipinski definition) is 1. The van der Waals surface area contributed by atoms with Crippen molar-refractivity contribution in [2.24, 2.45) is 0 Å². The van der Waals surface area contributed by atoms with Gasteiger partial charge in [0.25, 0.3) is 5.91 Å². The van der Waals surface area contributed by atoms with E-state index in [-0.39, 0.29) is 18.3 Å². The van der Waals surface area contributed by atoms with Gasteiger partial charge >= 0.3 is 12.1 Å². The van der Waals surface area contributed by atoms with Crippen LogP contribution in [0.2, 0.25) is 0 Å². The Morgan fingerprint density at radius 1 is 1.14 bits per heavy atom. The standard InChI is InChI=1S/C19H20F3N3O3/c20-19(21,22)14-7-5-13(6-8-14)11-24(12-17(26)27)18(28)16-9-10-25(23-16)15-3-1-2-4-15/h5-10,15H,1-4,11-12H2,(H,26,27). The summed E-state index contributed by atoms with van der Waals surface area (Å²) >= 11 is 0. The minimum atomic E-state index is -4.46. The molecule has 0 atom stereocenters. The van der Waals surface area contributed by atoms with E-state index in [4.69, 9.17) is 5.11 Å². The van der Waals surface area contributed by atoms with Crippen LogP contribution >= 0.6 is 0 Å². The molecule has 1 aromatic carbocycles. The number of alkyl halides is 3. The number of benzene rings is 1. The van der Waals surface area contributed by atoms with E-state index in [1.807, 2.05) is 0 Å². The fourth-order valence-corrected chi connectivity index (χ4v) is 3.37. The molecule has 0 aliphatic heterocycles. The maximum atomic E-state index is 12.7. The number of aliphatic carboxylic acids is 1. The van der Waals surface area contributed by atoms with E-state index in [9.17, 15) is 22.8 Å². The van der Waals surface area contributed by atoms with Crippen molar-refractivity contribution in [2.75, 3.05) is 6.54 Å². The molecule has 3 rings (SSSR count). The van der Waals surface area contributed by atoms with E-state index in [1.165, 1.54) is 12.1 Å². The Labute approximate surface area is 159 Å². The first-order valence-electron chi connectivity index (χ1n) is 8.96. The van der Waals surface area contributed by atoms with Crippen molar-refractivity contribution >= 4 is 11.9 Å². The normalized spacial score (nSPS) is 15.0. The van der Waals surface area contributed by atoms with Gasteiger partial charge in [0.05, 0.1) is 11.6 Å². The molecule has 1 heterocycles. The summed E-state index contributed by atoms with van der Waals surface area (Å²) in [5.41, 5.74) is -0.277. The van der Waals surface area contributed by atoms with Gasteiger partial charge in [-0.05, 0) is 36.6 Å². The number of aromatic nitrogens is 2. The lowest BCUT2D eigenvalue weighted by Crippen LogP contribution is -2.35. The molecule has 28 heavy (non-hydrogen) atoms. The minimum absolute atomic E-state index is 0.125. The van der Waals surface area contributed by atoms with Gasteiger partial charge in [-0.3, -0.25) is 14.3 Å². The summed E-state index contributed by atoms with van der Waals surface area (Å²) in [5.74, 6) is -1.78. The van der Waals surface area contributed by atoms with Gasteiger partial charge in [-0.15, -0.1) is 0 Å². The van der Waals surface area contributed by atoms with Gasteiger partial charge in [-0.1, -0.05) is 25.0 Å². The number of rotatable bonds is 6. The molecule has 0 unspecified atom stereocenters.